The molecule has 1 aromatic heterocycles. The third-order valence-electron chi connectivity index (χ3n) is 7.97. The van der Waals surface area contributed by atoms with Crippen molar-refractivity contribution in [3.63, 3.8) is 0 Å². The highest BCUT2D eigenvalue weighted by molar-refractivity contribution is 7.66. The molecule has 1 aromatic carbocycles. The largest absolute Gasteiger partial charge is 0.490 e. The van der Waals surface area contributed by atoms with Crippen molar-refractivity contribution in [1.29, 1.82) is 0 Å². The number of benzene rings is 1. The van der Waals surface area contributed by atoms with Gasteiger partial charge in [0.2, 0.25) is 5.91 Å². The van der Waals surface area contributed by atoms with Crippen LogP contribution in [0.15, 0.2) is 71.4 Å². The standard InChI is InChI=1S/C35H50N3O20P3/c1-4-7-8-14-28(39)25-11-9-13-27(18-25)52-23-33(51-17-6-3)53-22-31(40)36-15-10-12-26-20-38(35(42)37-34(26)41)32-19-29(54-24-50-16-5-2)30(56-32)21-55-60(46,47)58-61(48,49)57-59(43,44)45/h5-6,9-13,18,20,29-30,32-33H,2-4,7-8,14-17,19,21-24H2,1H3,(H,36,40)(H,46,47)(H,48,49)(H,37,41,42)(H2,43,44,45)/b12-10+/t29?,30-,32-,33?/m1/s1. The van der Waals surface area contributed by atoms with Crippen molar-refractivity contribution in [2.45, 2.75) is 63.8 Å². The van der Waals surface area contributed by atoms with E-state index in [1.807, 2.05) is 0 Å². The van der Waals surface area contributed by atoms with Crippen LogP contribution in [0, 0.1) is 0 Å². The summed E-state index contributed by atoms with van der Waals surface area (Å²) in [4.78, 5) is 89.6. The number of ether oxygens (including phenoxy) is 6. The number of carbonyl (C=O) groups excluding carboxylic acids is 2. The average molecular weight is 926 g/mol. The van der Waals surface area contributed by atoms with Crippen molar-refractivity contribution in [2.24, 2.45) is 0 Å². The van der Waals surface area contributed by atoms with Gasteiger partial charge in [0.05, 0.1) is 31.5 Å². The molecule has 6 atom stereocenters. The van der Waals surface area contributed by atoms with Gasteiger partial charge in [-0.3, -0.25) is 28.5 Å². The van der Waals surface area contributed by atoms with Gasteiger partial charge in [-0.15, -0.1) is 13.2 Å². The Balaban J connectivity index is 1.60. The van der Waals surface area contributed by atoms with Crippen molar-refractivity contribution in [1.82, 2.24) is 14.9 Å². The Labute approximate surface area is 349 Å². The molecule has 340 valence electrons. The molecule has 0 bridgehead atoms. The molecule has 1 aliphatic heterocycles. The second kappa shape index (κ2) is 25.4. The van der Waals surface area contributed by atoms with Crippen LogP contribution in [0.1, 0.15) is 61.2 Å². The van der Waals surface area contributed by atoms with Crippen LogP contribution in [0.5, 0.6) is 5.75 Å². The Morgan fingerprint density at radius 3 is 2.51 bits per heavy atom. The molecule has 0 radical (unpaired) electrons. The second-order valence-corrected chi connectivity index (χ2v) is 17.2. The quantitative estimate of drug-likeness (QED) is 0.0215. The predicted molar refractivity (Wildman–Crippen MR) is 214 cm³/mol. The molecule has 6 N–H and O–H groups in total. The Morgan fingerprint density at radius 2 is 1.80 bits per heavy atom. The van der Waals surface area contributed by atoms with Gasteiger partial charge in [0, 0.05) is 31.1 Å². The summed E-state index contributed by atoms with van der Waals surface area (Å²) in [6.45, 7) is 7.44. The monoisotopic (exact) mass is 925 g/mol. The summed E-state index contributed by atoms with van der Waals surface area (Å²) in [5, 5.41) is 2.58. The Bertz CT molecular complexity index is 2070. The number of ketones is 1. The summed E-state index contributed by atoms with van der Waals surface area (Å²) in [6, 6.07) is 6.72. The Kier molecular flexibility index (Phi) is 21.5. The number of aromatic amines is 1. The fourth-order valence-corrected chi connectivity index (χ4v) is 8.30. The molecule has 0 aliphatic carbocycles. The van der Waals surface area contributed by atoms with Crippen molar-refractivity contribution in [3.05, 3.63) is 93.8 Å². The van der Waals surface area contributed by atoms with Gasteiger partial charge in [0.15, 0.2) is 12.1 Å². The molecule has 3 rings (SSSR count). The van der Waals surface area contributed by atoms with Crippen LogP contribution >= 0.6 is 23.5 Å². The SMILES string of the molecule is C=CCOCOC1C[C@H](n2cc(/C=C/CNC(=O)COC(COc3cccc(C(=O)CCCCC)c3)OCC=C)c(=O)[nH]c2=O)O[C@@H]1COP(=O)(O)OP(=O)(O)OP(=O)(O)O. The van der Waals surface area contributed by atoms with Gasteiger partial charge in [0.1, 0.15) is 38.1 Å². The van der Waals surface area contributed by atoms with E-state index in [0.29, 0.717) is 17.7 Å². The number of nitrogens with zero attached hydrogens (tertiary/aromatic N) is 1. The lowest BCUT2D eigenvalue weighted by Crippen LogP contribution is -2.34. The fraction of sp³-hybridized carbons (Fsp3) is 0.486. The predicted octanol–water partition coefficient (Wildman–Crippen LogP) is 3.23. The number of carbonyl (C=O) groups is 2. The first kappa shape index (κ1) is 51.6. The number of Topliss-reactive ketones (excluding diaryl/α,β-unsaturated/α-hetero) is 1. The minimum atomic E-state index is -5.80. The Hall–Kier alpha value is -3.73. The van der Waals surface area contributed by atoms with E-state index in [-0.39, 0.29) is 50.9 Å². The molecule has 1 fully saturated rings. The maximum atomic E-state index is 12.9. The molecule has 26 heteroatoms. The molecule has 61 heavy (non-hydrogen) atoms. The maximum absolute atomic E-state index is 12.9. The van der Waals surface area contributed by atoms with Gasteiger partial charge in [-0.2, -0.15) is 8.62 Å². The summed E-state index contributed by atoms with van der Waals surface area (Å²) in [5.41, 5.74) is -1.26. The summed E-state index contributed by atoms with van der Waals surface area (Å²) in [5.74, 6) is -0.132. The van der Waals surface area contributed by atoms with E-state index < -0.39 is 78.6 Å². The van der Waals surface area contributed by atoms with E-state index in [2.05, 4.69) is 39.0 Å². The number of hydrogen-bond donors (Lipinski definition) is 6. The lowest BCUT2D eigenvalue weighted by Gasteiger charge is -2.21. The number of nitrogens with one attached hydrogen (secondary N) is 2. The van der Waals surface area contributed by atoms with Gasteiger partial charge >= 0.3 is 29.2 Å². The topological polar surface area (TPSA) is 316 Å². The molecule has 2 heterocycles. The molecule has 0 spiro atoms. The third-order valence-corrected chi connectivity index (χ3v) is 11.8. The minimum absolute atomic E-state index is 0.00615. The number of rotatable bonds is 30. The highest BCUT2D eigenvalue weighted by atomic mass is 31.3. The first-order valence-electron chi connectivity index (χ1n) is 18.5. The number of aromatic nitrogens is 2. The molecular weight excluding hydrogens is 875 g/mol. The Morgan fingerprint density at radius 1 is 1.05 bits per heavy atom. The molecular formula is C35H50N3O20P3. The number of H-pyrrole nitrogens is 1. The summed E-state index contributed by atoms with van der Waals surface area (Å²) < 4.78 is 81.6. The average Bonchev–Trinajstić information content (AvgIpc) is 3.59. The minimum Gasteiger partial charge on any atom is -0.488 e. The van der Waals surface area contributed by atoms with Gasteiger partial charge in [-0.05, 0) is 18.6 Å². The first-order valence-corrected chi connectivity index (χ1v) is 23.0. The number of phosphoric ester groups is 1. The van der Waals surface area contributed by atoms with Crippen molar-refractivity contribution in [2.75, 3.05) is 46.4 Å². The van der Waals surface area contributed by atoms with Gasteiger partial charge in [-0.1, -0.05) is 56.2 Å². The first-order chi connectivity index (χ1) is 28.8. The zero-order valence-corrected chi connectivity index (χ0v) is 35.7. The van der Waals surface area contributed by atoms with Crippen LogP contribution < -0.4 is 21.3 Å². The molecule has 23 nitrogen and oxygen atoms in total. The van der Waals surface area contributed by atoms with Crippen molar-refractivity contribution in [3.8, 4) is 5.75 Å². The zero-order chi connectivity index (χ0) is 45.1. The second-order valence-electron chi connectivity index (χ2n) is 12.8. The number of amides is 1. The zero-order valence-electron chi connectivity index (χ0n) is 33.0. The van der Waals surface area contributed by atoms with E-state index in [1.165, 1.54) is 24.3 Å². The van der Waals surface area contributed by atoms with E-state index >= 15 is 0 Å². The van der Waals surface area contributed by atoms with Crippen LogP contribution in [0.4, 0.5) is 0 Å². The highest BCUT2D eigenvalue weighted by Gasteiger charge is 2.43. The van der Waals surface area contributed by atoms with Crippen LogP contribution in [-0.4, -0.2) is 106 Å². The third kappa shape index (κ3) is 19.5. The van der Waals surface area contributed by atoms with E-state index in [9.17, 15) is 42.7 Å². The number of hydrogen-bond acceptors (Lipinski definition) is 16. The lowest BCUT2D eigenvalue weighted by atomic mass is 10.0. The van der Waals surface area contributed by atoms with Crippen LogP contribution in [-0.2, 0) is 55.3 Å². The number of phosphoric acid groups is 3. The van der Waals surface area contributed by atoms with E-state index in [4.69, 9.17) is 42.7 Å². The van der Waals surface area contributed by atoms with Gasteiger partial charge in [-0.25, -0.2) is 18.5 Å². The van der Waals surface area contributed by atoms with E-state index in [1.54, 1.807) is 24.3 Å². The van der Waals surface area contributed by atoms with Crippen molar-refractivity contribution >= 4 is 41.2 Å². The van der Waals surface area contributed by atoms with Crippen LogP contribution in [0.2, 0.25) is 0 Å². The lowest BCUT2D eigenvalue weighted by molar-refractivity contribution is -0.162. The molecule has 2 aromatic rings. The normalized spacial score (nSPS) is 19.2. The smallest absolute Gasteiger partial charge is 0.488 e. The van der Waals surface area contributed by atoms with Crippen LogP contribution in [0.3, 0.4) is 0 Å². The van der Waals surface area contributed by atoms with Crippen molar-refractivity contribution < 1.29 is 84.4 Å². The molecule has 1 amide bonds. The molecule has 4 unspecified atom stereocenters. The van der Waals surface area contributed by atoms with Crippen LogP contribution in [0.25, 0.3) is 6.08 Å². The number of unbranched alkanes of at least 4 members (excludes halogenated alkanes) is 2. The van der Waals surface area contributed by atoms with Gasteiger partial charge in [0.25, 0.3) is 5.56 Å². The molecule has 0 saturated carbocycles. The molecule has 1 aliphatic rings. The summed E-state index contributed by atoms with van der Waals surface area (Å²) in [6.07, 6.45) is 5.30. The summed E-state index contributed by atoms with van der Waals surface area (Å²) >= 11 is 0. The van der Waals surface area contributed by atoms with Gasteiger partial charge < -0.3 is 53.3 Å². The maximum Gasteiger partial charge on any atom is 0.490 e. The summed E-state index contributed by atoms with van der Waals surface area (Å²) in [7, 11) is -17.0. The highest BCUT2D eigenvalue weighted by Crippen LogP contribution is 2.66. The molecule has 1 saturated heterocycles. The van der Waals surface area contributed by atoms with E-state index in [0.717, 1.165) is 30.0 Å². The fourth-order valence-electron chi connectivity index (χ4n) is 5.27.